The molecule has 2 fully saturated rings. The van der Waals surface area contributed by atoms with Crippen molar-refractivity contribution >= 4 is 5.91 Å². The minimum Gasteiger partial charge on any atom is -0.496 e. The molecule has 1 aromatic rings. The summed E-state index contributed by atoms with van der Waals surface area (Å²) in [5.74, 6) is 1.53. The molecule has 0 aliphatic carbocycles. The van der Waals surface area contributed by atoms with Crippen LogP contribution in [0.4, 0.5) is 0 Å². The van der Waals surface area contributed by atoms with Gasteiger partial charge in [0.1, 0.15) is 17.1 Å². The third-order valence-corrected chi connectivity index (χ3v) is 5.41. The predicted octanol–water partition coefficient (Wildman–Crippen LogP) is 2.70. The van der Waals surface area contributed by atoms with Gasteiger partial charge in [-0.1, -0.05) is 12.5 Å². The van der Waals surface area contributed by atoms with Crippen LogP contribution in [0.5, 0.6) is 11.5 Å². The van der Waals surface area contributed by atoms with Crippen LogP contribution in [0, 0.1) is 5.92 Å². The number of amides is 1. The predicted molar refractivity (Wildman–Crippen MR) is 93.8 cm³/mol. The van der Waals surface area contributed by atoms with Crippen molar-refractivity contribution in [2.24, 2.45) is 5.92 Å². The van der Waals surface area contributed by atoms with Crippen molar-refractivity contribution in [1.82, 2.24) is 10.2 Å². The normalized spacial score (nSPS) is 24.1. The summed E-state index contributed by atoms with van der Waals surface area (Å²) >= 11 is 0. The van der Waals surface area contributed by atoms with E-state index in [2.05, 4.69) is 10.2 Å². The van der Waals surface area contributed by atoms with E-state index in [9.17, 15) is 4.79 Å². The highest BCUT2D eigenvalue weighted by Gasteiger charge is 2.33. The standard InChI is InChI=1S/C19H28N2O3/c1-23-16-9-5-10-17(24-2)18(16)19(22)20-13-14-7-6-12-21-11-4-3-8-15(14)21/h5,9-10,14-15H,3-4,6-8,11-13H2,1-2H3,(H,20,22). The van der Waals surface area contributed by atoms with Gasteiger partial charge in [0.25, 0.3) is 5.91 Å². The first-order valence-corrected chi connectivity index (χ1v) is 8.98. The van der Waals surface area contributed by atoms with Gasteiger partial charge in [-0.2, -0.15) is 0 Å². The van der Waals surface area contributed by atoms with Gasteiger partial charge < -0.3 is 19.7 Å². The maximum Gasteiger partial charge on any atom is 0.258 e. The van der Waals surface area contributed by atoms with Gasteiger partial charge in [0.15, 0.2) is 0 Å². The Morgan fingerprint density at radius 3 is 2.54 bits per heavy atom. The molecular weight excluding hydrogens is 304 g/mol. The quantitative estimate of drug-likeness (QED) is 0.901. The molecule has 1 aromatic carbocycles. The SMILES string of the molecule is COc1cccc(OC)c1C(=O)NCC1CCCN2CCCCC12. The first-order valence-electron chi connectivity index (χ1n) is 8.98. The molecule has 2 aliphatic rings. The number of nitrogens with one attached hydrogen (secondary N) is 1. The van der Waals surface area contributed by atoms with Crippen LogP contribution in [0.25, 0.3) is 0 Å². The molecule has 2 heterocycles. The lowest BCUT2D eigenvalue weighted by atomic mass is 9.83. The Bertz CT molecular complexity index is 551. The molecular formula is C19H28N2O3. The molecule has 24 heavy (non-hydrogen) atoms. The summed E-state index contributed by atoms with van der Waals surface area (Å²) in [5.41, 5.74) is 0.485. The number of carbonyl (C=O) groups is 1. The van der Waals surface area contributed by atoms with Crippen molar-refractivity contribution in [2.75, 3.05) is 33.9 Å². The number of hydrogen-bond donors (Lipinski definition) is 1. The average Bonchev–Trinajstić information content (AvgIpc) is 2.65. The van der Waals surface area contributed by atoms with Crippen molar-refractivity contribution in [2.45, 2.75) is 38.1 Å². The van der Waals surface area contributed by atoms with E-state index in [0.717, 1.165) is 6.54 Å². The van der Waals surface area contributed by atoms with Crippen molar-refractivity contribution < 1.29 is 14.3 Å². The lowest BCUT2D eigenvalue weighted by Crippen LogP contribution is -2.51. The van der Waals surface area contributed by atoms with Crippen molar-refractivity contribution in [3.05, 3.63) is 23.8 Å². The van der Waals surface area contributed by atoms with Crippen LogP contribution in [0.3, 0.4) is 0 Å². The number of methoxy groups -OCH3 is 2. The highest BCUT2D eigenvalue weighted by Crippen LogP contribution is 2.31. The third-order valence-electron chi connectivity index (χ3n) is 5.41. The van der Waals surface area contributed by atoms with Crippen LogP contribution >= 0.6 is 0 Å². The fraction of sp³-hybridized carbons (Fsp3) is 0.632. The van der Waals surface area contributed by atoms with Gasteiger partial charge in [0, 0.05) is 12.6 Å². The lowest BCUT2D eigenvalue weighted by molar-refractivity contribution is 0.0575. The molecule has 0 bridgehead atoms. The Hall–Kier alpha value is -1.75. The van der Waals surface area contributed by atoms with E-state index in [0.29, 0.717) is 29.0 Å². The van der Waals surface area contributed by atoms with E-state index in [1.165, 1.54) is 45.2 Å². The Balaban J connectivity index is 1.67. The summed E-state index contributed by atoms with van der Waals surface area (Å²) in [5, 5.41) is 3.13. The first-order chi connectivity index (χ1) is 11.7. The van der Waals surface area contributed by atoms with E-state index in [-0.39, 0.29) is 5.91 Å². The number of nitrogens with zero attached hydrogens (tertiary/aromatic N) is 1. The number of piperidine rings is 2. The number of ether oxygens (including phenoxy) is 2. The first kappa shape index (κ1) is 17.1. The number of rotatable bonds is 5. The smallest absolute Gasteiger partial charge is 0.258 e. The average molecular weight is 332 g/mol. The second kappa shape index (κ2) is 7.88. The van der Waals surface area contributed by atoms with Crippen LogP contribution in [0.2, 0.25) is 0 Å². The minimum atomic E-state index is -0.114. The van der Waals surface area contributed by atoms with Crippen LogP contribution in [0.1, 0.15) is 42.5 Å². The van der Waals surface area contributed by atoms with Crippen molar-refractivity contribution in [3.8, 4) is 11.5 Å². The van der Waals surface area contributed by atoms with Gasteiger partial charge in [0.05, 0.1) is 14.2 Å². The van der Waals surface area contributed by atoms with Crippen molar-refractivity contribution in [3.63, 3.8) is 0 Å². The third kappa shape index (κ3) is 3.51. The molecule has 0 aromatic heterocycles. The zero-order valence-electron chi connectivity index (χ0n) is 14.7. The summed E-state index contributed by atoms with van der Waals surface area (Å²) in [6, 6.07) is 6.05. The van der Waals surface area contributed by atoms with Gasteiger partial charge in [-0.05, 0) is 56.8 Å². The molecule has 0 spiro atoms. The molecule has 1 N–H and O–H groups in total. The second-order valence-corrected chi connectivity index (χ2v) is 6.75. The number of hydrogen-bond acceptors (Lipinski definition) is 4. The summed E-state index contributed by atoms with van der Waals surface area (Å²) in [7, 11) is 3.15. The van der Waals surface area contributed by atoms with E-state index in [4.69, 9.17) is 9.47 Å². The van der Waals surface area contributed by atoms with E-state index < -0.39 is 0 Å². The van der Waals surface area contributed by atoms with Crippen molar-refractivity contribution in [1.29, 1.82) is 0 Å². The molecule has 2 saturated heterocycles. The van der Waals surface area contributed by atoms with Crippen LogP contribution in [0.15, 0.2) is 18.2 Å². The maximum atomic E-state index is 12.7. The minimum absolute atomic E-state index is 0.114. The fourth-order valence-corrected chi connectivity index (χ4v) is 4.20. The molecule has 2 aliphatic heterocycles. The van der Waals surface area contributed by atoms with E-state index >= 15 is 0 Å². The lowest BCUT2D eigenvalue weighted by Gasteiger charge is -2.44. The Morgan fingerprint density at radius 2 is 1.83 bits per heavy atom. The summed E-state index contributed by atoms with van der Waals surface area (Å²) in [6.45, 7) is 3.16. The fourth-order valence-electron chi connectivity index (χ4n) is 4.20. The molecule has 2 atom stereocenters. The molecule has 1 amide bonds. The van der Waals surface area contributed by atoms with Crippen LogP contribution < -0.4 is 14.8 Å². The monoisotopic (exact) mass is 332 g/mol. The summed E-state index contributed by atoms with van der Waals surface area (Å²) in [6.07, 6.45) is 6.32. The van der Waals surface area contributed by atoms with Crippen LogP contribution in [-0.4, -0.2) is 50.7 Å². The number of carbonyl (C=O) groups excluding carboxylic acids is 1. The molecule has 132 valence electrons. The van der Waals surface area contributed by atoms with Gasteiger partial charge in [-0.15, -0.1) is 0 Å². The number of benzene rings is 1. The zero-order valence-corrected chi connectivity index (χ0v) is 14.7. The second-order valence-electron chi connectivity index (χ2n) is 6.75. The Kier molecular flexibility index (Phi) is 5.61. The highest BCUT2D eigenvalue weighted by atomic mass is 16.5. The highest BCUT2D eigenvalue weighted by molar-refractivity contribution is 5.99. The maximum absolute atomic E-state index is 12.7. The van der Waals surface area contributed by atoms with Crippen LogP contribution in [-0.2, 0) is 0 Å². The van der Waals surface area contributed by atoms with E-state index in [1.54, 1.807) is 26.4 Å². The molecule has 5 nitrogen and oxygen atoms in total. The Morgan fingerprint density at radius 1 is 1.12 bits per heavy atom. The molecule has 0 radical (unpaired) electrons. The summed E-state index contributed by atoms with van der Waals surface area (Å²) < 4.78 is 10.7. The molecule has 5 heteroatoms. The van der Waals surface area contributed by atoms with Gasteiger partial charge in [-0.3, -0.25) is 4.79 Å². The largest absolute Gasteiger partial charge is 0.496 e. The zero-order chi connectivity index (χ0) is 16.9. The molecule has 3 rings (SSSR count). The Labute approximate surface area is 144 Å². The van der Waals surface area contributed by atoms with Gasteiger partial charge in [0.2, 0.25) is 0 Å². The van der Waals surface area contributed by atoms with Gasteiger partial charge >= 0.3 is 0 Å². The topological polar surface area (TPSA) is 50.8 Å². The molecule has 0 saturated carbocycles. The number of fused-ring (bicyclic) bond motifs is 1. The molecule has 2 unspecified atom stereocenters. The summed E-state index contributed by atoms with van der Waals surface area (Å²) in [4.78, 5) is 15.3. The van der Waals surface area contributed by atoms with E-state index in [1.807, 2.05) is 6.07 Å². The van der Waals surface area contributed by atoms with Gasteiger partial charge in [-0.25, -0.2) is 0 Å².